The predicted octanol–water partition coefficient (Wildman–Crippen LogP) is 3.14. The van der Waals surface area contributed by atoms with Crippen LogP contribution in [-0.4, -0.2) is 29.7 Å². The number of pyridine rings is 1. The second-order valence-corrected chi connectivity index (χ2v) is 5.91. The fraction of sp³-hybridized carbons (Fsp3) is 0.0625. The van der Waals surface area contributed by atoms with Gasteiger partial charge < -0.3 is 5.32 Å². The molecule has 0 aromatic carbocycles. The molecule has 4 aromatic heterocycles. The normalized spacial score (nSPS) is 10.7. The smallest absolute Gasteiger partial charge is 0.228 e. The summed E-state index contributed by atoms with van der Waals surface area (Å²) in [5.41, 5.74) is 2.34. The maximum Gasteiger partial charge on any atom is 0.228 e. The first-order valence-electron chi connectivity index (χ1n) is 7.25. The van der Waals surface area contributed by atoms with Gasteiger partial charge in [-0.05, 0) is 18.2 Å². The lowest BCUT2D eigenvalue weighted by Gasteiger charge is -2.05. The van der Waals surface area contributed by atoms with Gasteiger partial charge in [0.1, 0.15) is 5.01 Å². The Morgan fingerprint density at radius 2 is 1.83 bits per heavy atom. The average Bonchev–Trinajstić information content (AvgIpc) is 3.27. The van der Waals surface area contributed by atoms with Crippen molar-refractivity contribution in [3.63, 3.8) is 0 Å². The van der Waals surface area contributed by atoms with Crippen LogP contribution in [-0.2, 0) is 7.05 Å². The Hall–Kier alpha value is -3.13. The zero-order chi connectivity index (χ0) is 16.4. The molecule has 4 aromatic rings. The molecule has 8 heteroatoms. The fourth-order valence-electron chi connectivity index (χ4n) is 2.20. The van der Waals surface area contributed by atoms with Crippen molar-refractivity contribution >= 4 is 23.1 Å². The van der Waals surface area contributed by atoms with Crippen molar-refractivity contribution in [1.82, 2.24) is 29.7 Å². The van der Waals surface area contributed by atoms with Crippen LogP contribution in [0.15, 0.2) is 54.3 Å². The standard InChI is InChI=1S/C16H13N7S/c1-23-9-6-14(22-23)21-16-18-7-5-12(20-16)11-3-2-4-13(19-11)15-17-8-10-24-15/h2-10H,1H3,(H,18,20,21,22). The van der Waals surface area contributed by atoms with E-state index in [-0.39, 0.29) is 0 Å². The molecule has 0 unspecified atom stereocenters. The molecule has 0 fully saturated rings. The first-order valence-corrected chi connectivity index (χ1v) is 8.13. The zero-order valence-corrected chi connectivity index (χ0v) is 13.6. The molecule has 0 bridgehead atoms. The zero-order valence-electron chi connectivity index (χ0n) is 12.8. The Morgan fingerprint density at radius 3 is 2.62 bits per heavy atom. The number of anilines is 2. The van der Waals surface area contributed by atoms with E-state index in [1.807, 2.05) is 49.0 Å². The first kappa shape index (κ1) is 14.5. The van der Waals surface area contributed by atoms with Crippen LogP contribution >= 0.6 is 11.3 Å². The highest BCUT2D eigenvalue weighted by atomic mass is 32.1. The average molecular weight is 335 g/mol. The van der Waals surface area contributed by atoms with Gasteiger partial charge in [-0.15, -0.1) is 11.3 Å². The maximum absolute atomic E-state index is 4.65. The first-order chi connectivity index (χ1) is 11.8. The van der Waals surface area contributed by atoms with Gasteiger partial charge in [-0.2, -0.15) is 5.10 Å². The van der Waals surface area contributed by atoms with Crippen LogP contribution in [0.1, 0.15) is 0 Å². The molecular formula is C16H13N7S. The predicted molar refractivity (Wildman–Crippen MR) is 92.9 cm³/mol. The van der Waals surface area contributed by atoms with Gasteiger partial charge in [-0.3, -0.25) is 4.68 Å². The van der Waals surface area contributed by atoms with Gasteiger partial charge >= 0.3 is 0 Å². The Balaban J connectivity index is 1.65. The van der Waals surface area contributed by atoms with Crippen LogP contribution in [0.25, 0.3) is 22.1 Å². The molecule has 0 aliphatic carbocycles. The summed E-state index contributed by atoms with van der Waals surface area (Å²) in [5, 5.41) is 10.2. The van der Waals surface area contributed by atoms with E-state index in [0.717, 1.165) is 22.1 Å². The summed E-state index contributed by atoms with van der Waals surface area (Å²) in [4.78, 5) is 17.7. The van der Waals surface area contributed by atoms with Gasteiger partial charge in [-0.1, -0.05) is 6.07 Å². The van der Waals surface area contributed by atoms with Gasteiger partial charge in [0, 0.05) is 37.1 Å². The van der Waals surface area contributed by atoms with Crippen molar-refractivity contribution in [2.24, 2.45) is 7.05 Å². The number of thiazole rings is 1. The Bertz CT molecular complexity index is 962. The molecule has 7 nitrogen and oxygen atoms in total. The third-order valence-electron chi connectivity index (χ3n) is 3.27. The molecule has 0 amide bonds. The summed E-state index contributed by atoms with van der Waals surface area (Å²) in [6, 6.07) is 9.50. The molecule has 0 radical (unpaired) electrons. The maximum atomic E-state index is 4.65. The van der Waals surface area contributed by atoms with Gasteiger partial charge in [0.15, 0.2) is 5.82 Å². The minimum Gasteiger partial charge on any atom is -0.307 e. The van der Waals surface area contributed by atoms with E-state index in [1.165, 1.54) is 0 Å². The SMILES string of the molecule is Cn1ccc(Nc2nccc(-c3cccc(-c4nccs4)n3)n2)n1. The topological polar surface area (TPSA) is 81.4 Å². The van der Waals surface area contributed by atoms with E-state index in [1.54, 1.807) is 28.4 Å². The van der Waals surface area contributed by atoms with Crippen LogP contribution in [0.3, 0.4) is 0 Å². The van der Waals surface area contributed by atoms with E-state index < -0.39 is 0 Å². The fourth-order valence-corrected chi connectivity index (χ4v) is 2.81. The molecular weight excluding hydrogens is 322 g/mol. The Morgan fingerprint density at radius 1 is 0.958 bits per heavy atom. The highest BCUT2D eigenvalue weighted by Gasteiger charge is 2.08. The van der Waals surface area contributed by atoms with E-state index in [2.05, 4.69) is 30.4 Å². The second-order valence-electron chi connectivity index (χ2n) is 5.01. The molecule has 0 aliphatic rings. The molecule has 118 valence electrons. The van der Waals surface area contributed by atoms with Gasteiger partial charge in [0.2, 0.25) is 5.95 Å². The largest absolute Gasteiger partial charge is 0.307 e. The van der Waals surface area contributed by atoms with Crippen LogP contribution < -0.4 is 5.32 Å². The molecule has 4 rings (SSSR count). The summed E-state index contributed by atoms with van der Waals surface area (Å²) >= 11 is 1.56. The number of aryl methyl sites for hydroxylation is 1. The quantitative estimate of drug-likeness (QED) is 0.617. The minimum atomic E-state index is 0.479. The summed E-state index contributed by atoms with van der Waals surface area (Å²) < 4.78 is 1.71. The third kappa shape index (κ3) is 2.99. The summed E-state index contributed by atoms with van der Waals surface area (Å²) in [6.07, 6.45) is 5.32. The number of hydrogen-bond acceptors (Lipinski definition) is 7. The van der Waals surface area contributed by atoms with Crippen molar-refractivity contribution in [3.8, 4) is 22.1 Å². The molecule has 0 saturated carbocycles. The lowest BCUT2D eigenvalue weighted by Crippen LogP contribution is -2.00. The molecule has 0 aliphatic heterocycles. The van der Waals surface area contributed by atoms with E-state index >= 15 is 0 Å². The molecule has 24 heavy (non-hydrogen) atoms. The second kappa shape index (κ2) is 6.17. The lowest BCUT2D eigenvalue weighted by atomic mass is 10.2. The number of hydrogen-bond donors (Lipinski definition) is 1. The molecule has 0 spiro atoms. The highest BCUT2D eigenvalue weighted by molar-refractivity contribution is 7.13. The van der Waals surface area contributed by atoms with Gasteiger partial charge in [-0.25, -0.2) is 19.9 Å². The van der Waals surface area contributed by atoms with Gasteiger partial charge in [0.25, 0.3) is 0 Å². The third-order valence-corrected chi connectivity index (χ3v) is 4.07. The number of aromatic nitrogens is 6. The Labute approximate surface area is 142 Å². The van der Waals surface area contributed by atoms with Crippen molar-refractivity contribution in [2.75, 3.05) is 5.32 Å². The van der Waals surface area contributed by atoms with Crippen LogP contribution in [0, 0.1) is 0 Å². The van der Waals surface area contributed by atoms with Gasteiger partial charge in [0.05, 0.1) is 17.1 Å². The van der Waals surface area contributed by atoms with E-state index in [9.17, 15) is 0 Å². The summed E-state index contributed by atoms with van der Waals surface area (Å²) in [5.74, 6) is 1.17. The number of rotatable bonds is 4. The van der Waals surface area contributed by atoms with Crippen LogP contribution in [0.2, 0.25) is 0 Å². The van der Waals surface area contributed by atoms with Crippen molar-refractivity contribution in [3.05, 3.63) is 54.3 Å². The number of nitrogens with zero attached hydrogens (tertiary/aromatic N) is 6. The molecule has 1 N–H and O–H groups in total. The Kier molecular flexibility index (Phi) is 3.72. The van der Waals surface area contributed by atoms with Crippen molar-refractivity contribution in [1.29, 1.82) is 0 Å². The van der Waals surface area contributed by atoms with Crippen LogP contribution in [0.5, 0.6) is 0 Å². The summed E-state index contributed by atoms with van der Waals surface area (Å²) in [7, 11) is 1.86. The lowest BCUT2D eigenvalue weighted by molar-refractivity contribution is 0.770. The van der Waals surface area contributed by atoms with E-state index in [0.29, 0.717) is 11.8 Å². The van der Waals surface area contributed by atoms with Crippen LogP contribution in [0.4, 0.5) is 11.8 Å². The summed E-state index contributed by atoms with van der Waals surface area (Å²) in [6.45, 7) is 0. The number of nitrogens with one attached hydrogen (secondary N) is 1. The van der Waals surface area contributed by atoms with Crippen molar-refractivity contribution < 1.29 is 0 Å². The monoisotopic (exact) mass is 335 g/mol. The minimum absolute atomic E-state index is 0.479. The highest BCUT2D eigenvalue weighted by Crippen LogP contribution is 2.23. The van der Waals surface area contributed by atoms with E-state index in [4.69, 9.17) is 0 Å². The molecule has 4 heterocycles. The molecule has 0 saturated heterocycles. The van der Waals surface area contributed by atoms with Crippen molar-refractivity contribution in [2.45, 2.75) is 0 Å². The molecule has 0 atom stereocenters.